The van der Waals surface area contributed by atoms with E-state index in [4.69, 9.17) is 4.74 Å². The molecule has 1 N–H and O–H groups in total. The van der Waals surface area contributed by atoms with Gasteiger partial charge < -0.3 is 10.1 Å². The molecule has 4 heteroatoms. The molecule has 1 aromatic carbocycles. The third-order valence-corrected chi connectivity index (χ3v) is 2.98. The first kappa shape index (κ1) is 13.3. The molecule has 0 atom stereocenters. The van der Waals surface area contributed by atoms with E-state index in [1.165, 1.54) is 11.1 Å². The van der Waals surface area contributed by atoms with Crippen LogP contribution < -0.4 is 10.1 Å². The van der Waals surface area contributed by atoms with Gasteiger partial charge in [0.2, 0.25) is 11.8 Å². The fourth-order valence-corrected chi connectivity index (χ4v) is 1.97. The summed E-state index contributed by atoms with van der Waals surface area (Å²) in [5.74, 6) is 1.18. The van der Waals surface area contributed by atoms with Crippen LogP contribution in [0.5, 0.6) is 5.88 Å². The van der Waals surface area contributed by atoms with Crippen molar-refractivity contribution >= 4 is 5.95 Å². The lowest BCUT2D eigenvalue weighted by Crippen LogP contribution is -2.07. The highest BCUT2D eigenvalue weighted by molar-refractivity contribution is 5.34. The van der Waals surface area contributed by atoms with Crippen molar-refractivity contribution in [1.82, 2.24) is 9.97 Å². The van der Waals surface area contributed by atoms with Crippen molar-refractivity contribution < 1.29 is 4.74 Å². The van der Waals surface area contributed by atoms with Gasteiger partial charge in [-0.2, -0.15) is 4.98 Å². The summed E-state index contributed by atoms with van der Waals surface area (Å²) in [4.78, 5) is 8.63. The third kappa shape index (κ3) is 3.44. The van der Waals surface area contributed by atoms with E-state index in [1.807, 2.05) is 19.1 Å². The third-order valence-electron chi connectivity index (χ3n) is 2.98. The molecule has 0 fully saturated rings. The van der Waals surface area contributed by atoms with E-state index in [1.54, 1.807) is 7.11 Å². The second kappa shape index (κ2) is 6.18. The quantitative estimate of drug-likeness (QED) is 0.894. The summed E-state index contributed by atoms with van der Waals surface area (Å²) in [6, 6.07) is 10.2. The number of rotatable bonds is 5. The van der Waals surface area contributed by atoms with E-state index in [0.717, 1.165) is 18.7 Å². The van der Waals surface area contributed by atoms with Crippen molar-refractivity contribution in [3.63, 3.8) is 0 Å². The number of aryl methyl sites for hydroxylation is 2. The predicted molar refractivity (Wildman–Crippen MR) is 76.5 cm³/mol. The van der Waals surface area contributed by atoms with Crippen molar-refractivity contribution in [3.05, 3.63) is 47.2 Å². The van der Waals surface area contributed by atoms with Gasteiger partial charge in [0.15, 0.2) is 0 Å². The van der Waals surface area contributed by atoms with E-state index in [9.17, 15) is 0 Å². The van der Waals surface area contributed by atoms with Gasteiger partial charge >= 0.3 is 0 Å². The molecule has 100 valence electrons. The molecule has 0 radical (unpaired) electrons. The van der Waals surface area contributed by atoms with Crippen LogP contribution in [0.15, 0.2) is 30.3 Å². The Labute approximate surface area is 113 Å². The standard InChI is InChI=1S/C15H19N3O/c1-4-12-7-5-6-8-13(12)10-16-15-17-11(2)9-14(18-15)19-3/h5-9H,4,10H2,1-3H3,(H,16,17,18). The fraction of sp³-hybridized carbons (Fsp3) is 0.333. The number of methoxy groups -OCH3 is 1. The molecule has 0 aliphatic heterocycles. The van der Waals surface area contributed by atoms with Crippen LogP contribution in [0.25, 0.3) is 0 Å². The van der Waals surface area contributed by atoms with Gasteiger partial charge in [-0.1, -0.05) is 31.2 Å². The van der Waals surface area contributed by atoms with Crippen LogP contribution in [0.4, 0.5) is 5.95 Å². The first-order valence-electron chi connectivity index (χ1n) is 6.43. The molecule has 0 bridgehead atoms. The lowest BCUT2D eigenvalue weighted by Gasteiger charge is -2.10. The molecule has 2 rings (SSSR count). The molecule has 0 saturated carbocycles. The van der Waals surface area contributed by atoms with Gasteiger partial charge in [-0.05, 0) is 24.5 Å². The van der Waals surface area contributed by atoms with Gasteiger partial charge in [-0.3, -0.25) is 0 Å². The number of aromatic nitrogens is 2. The molecule has 0 aliphatic carbocycles. The minimum atomic E-state index is 0.582. The Morgan fingerprint density at radius 1 is 1.16 bits per heavy atom. The number of benzene rings is 1. The van der Waals surface area contributed by atoms with Crippen molar-refractivity contribution in [3.8, 4) is 5.88 Å². The van der Waals surface area contributed by atoms with Crippen molar-refractivity contribution in [1.29, 1.82) is 0 Å². The van der Waals surface area contributed by atoms with E-state index in [-0.39, 0.29) is 0 Å². The molecule has 0 aliphatic rings. The summed E-state index contributed by atoms with van der Waals surface area (Å²) < 4.78 is 5.14. The molecule has 2 aromatic rings. The Hall–Kier alpha value is -2.10. The van der Waals surface area contributed by atoms with E-state index >= 15 is 0 Å². The summed E-state index contributed by atoms with van der Waals surface area (Å²) in [7, 11) is 1.61. The molecular formula is C15H19N3O. The minimum Gasteiger partial charge on any atom is -0.481 e. The van der Waals surface area contributed by atoms with Crippen molar-refractivity contribution in [2.45, 2.75) is 26.8 Å². The highest BCUT2D eigenvalue weighted by atomic mass is 16.5. The van der Waals surface area contributed by atoms with Crippen LogP contribution in [-0.2, 0) is 13.0 Å². The average molecular weight is 257 g/mol. The Morgan fingerprint density at radius 3 is 2.58 bits per heavy atom. The van der Waals surface area contributed by atoms with Gasteiger partial charge in [0.1, 0.15) is 0 Å². The lowest BCUT2D eigenvalue weighted by molar-refractivity contribution is 0.397. The monoisotopic (exact) mass is 257 g/mol. The SMILES string of the molecule is CCc1ccccc1CNc1nc(C)cc(OC)n1. The zero-order chi connectivity index (χ0) is 13.7. The average Bonchev–Trinajstić information content (AvgIpc) is 2.44. The second-order valence-electron chi connectivity index (χ2n) is 4.35. The summed E-state index contributed by atoms with van der Waals surface area (Å²) >= 11 is 0. The second-order valence-corrected chi connectivity index (χ2v) is 4.35. The van der Waals surface area contributed by atoms with E-state index in [2.05, 4.69) is 40.4 Å². The van der Waals surface area contributed by atoms with Crippen molar-refractivity contribution in [2.24, 2.45) is 0 Å². The minimum absolute atomic E-state index is 0.582. The summed E-state index contributed by atoms with van der Waals surface area (Å²) in [6.07, 6.45) is 1.02. The number of anilines is 1. The number of nitrogens with one attached hydrogen (secondary N) is 1. The lowest BCUT2D eigenvalue weighted by atomic mass is 10.1. The highest BCUT2D eigenvalue weighted by Gasteiger charge is 2.04. The molecule has 1 aromatic heterocycles. The topological polar surface area (TPSA) is 47.0 Å². The zero-order valence-electron chi connectivity index (χ0n) is 11.6. The van der Waals surface area contributed by atoms with Crippen LogP contribution in [0.2, 0.25) is 0 Å². The number of nitrogens with zero attached hydrogens (tertiary/aromatic N) is 2. The van der Waals surface area contributed by atoms with Gasteiger partial charge in [-0.15, -0.1) is 0 Å². The Kier molecular flexibility index (Phi) is 4.34. The van der Waals surface area contributed by atoms with Gasteiger partial charge in [0.25, 0.3) is 0 Å². The van der Waals surface area contributed by atoms with Crippen LogP contribution in [0, 0.1) is 6.92 Å². The smallest absolute Gasteiger partial charge is 0.226 e. The fourth-order valence-electron chi connectivity index (χ4n) is 1.97. The van der Waals surface area contributed by atoms with Gasteiger partial charge in [-0.25, -0.2) is 4.98 Å². The first-order valence-corrected chi connectivity index (χ1v) is 6.43. The summed E-state index contributed by atoms with van der Waals surface area (Å²) in [5, 5.41) is 3.25. The van der Waals surface area contributed by atoms with Gasteiger partial charge in [0, 0.05) is 18.3 Å². The Balaban J connectivity index is 2.12. The molecular weight excluding hydrogens is 238 g/mol. The zero-order valence-corrected chi connectivity index (χ0v) is 11.6. The maximum Gasteiger partial charge on any atom is 0.226 e. The predicted octanol–water partition coefficient (Wildman–Crippen LogP) is 2.97. The van der Waals surface area contributed by atoms with Gasteiger partial charge in [0.05, 0.1) is 7.11 Å². The Morgan fingerprint density at radius 2 is 1.89 bits per heavy atom. The number of ether oxygens (including phenoxy) is 1. The molecule has 4 nitrogen and oxygen atoms in total. The van der Waals surface area contributed by atoms with Crippen molar-refractivity contribution in [2.75, 3.05) is 12.4 Å². The summed E-state index contributed by atoms with van der Waals surface area (Å²) in [5.41, 5.74) is 3.50. The van der Waals surface area contributed by atoms with Crippen LogP contribution >= 0.6 is 0 Å². The largest absolute Gasteiger partial charge is 0.481 e. The molecule has 19 heavy (non-hydrogen) atoms. The highest BCUT2D eigenvalue weighted by Crippen LogP contribution is 2.14. The molecule has 0 saturated heterocycles. The first-order chi connectivity index (χ1) is 9.22. The maximum absolute atomic E-state index is 5.14. The molecule has 0 spiro atoms. The molecule has 1 heterocycles. The van der Waals surface area contributed by atoms with E-state index in [0.29, 0.717) is 11.8 Å². The van der Waals surface area contributed by atoms with Crippen LogP contribution in [-0.4, -0.2) is 17.1 Å². The molecule has 0 amide bonds. The van der Waals surface area contributed by atoms with Crippen LogP contribution in [0.3, 0.4) is 0 Å². The number of hydrogen-bond donors (Lipinski definition) is 1. The Bertz CT molecular complexity index is 555. The normalized spacial score (nSPS) is 10.3. The van der Waals surface area contributed by atoms with Crippen LogP contribution in [0.1, 0.15) is 23.7 Å². The molecule has 0 unspecified atom stereocenters. The maximum atomic E-state index is 5.14. The van der Waals surface area contributed by atoms with E-state index < -0.39 is 0 Å². The summed E-state index contributed by atoms with van der Waals surface area (Å²) in [6.45, 7) is 4.80. The number of hydrogen-bond acceptors (Lipinski definition) is 4.